The van der Waals surface area contributed by atoms with Gasteiger partial charge in [-0.15, -0.1) is 0 Å². The van der Waals surface area contributed by atoms with Gasteiger partial charge in [-0.3, -0.25) is 9.78 Å². The van der Waals surface area contributed by atoms with E-state index in [4.69, 9.17) is 11.6 Å². The molecule has 0 aliphatic carbocycles. The first-order valence-electron chi connectivity index (χ1n) is 6.85. The second kappa shape index (κ2) is 6.22. The van der Waals surface area contributed by atoms with Gasteiger partial charge in [-0.1, -0.05) is 23.7 Å². The second-order valence-corrected chi connectivity index (χ2v) is 5.40. The molecular weight excluding hydrogens is 319 g/mol. The Bertz CT molecular complexity index is 882. The zero-order chi connectivity index (χ0) is 16.4. The average Bonchev–Trinajstić information content (AvgIpc) is 2.57. The predicted molar refractivity (Wildman–Crippen MR) is 86.0 cm³/mol. The summed E-state index contributed by atoms with van der Waals surface area (Å²) >= 11 is 5.79. The molecule has 0 bridgehead atoms. The number of halogens is 2. The third-order valence-corrected chi connectivity index (χ3v) is 3.68. The third-order valence-electron chi connectivity index (χ3n) is 3.43. The lowest BCUT2D eigenvalue weighted by Gasteiger charge is -2.09. The highest BCUT2D eigenvalue weighted by molar-refractivity contribution is 6.30. The number of nitrogens with zero attached hydrogens (tertiary/aromatic N) is 1. The average molecular weight is 331 g/mol. The first-order chi connectivity index (χ1) is 11.1. The van der Waals surface area contributed by atoms with Gasteiger partial charge in [-0.2, -0.15) is 0 Å². The van der Waals surface area contributed by atoms with Crippen LogP contribution in [0.2, 0.25) is 5.02 Å². The smallest absolute Gasteiger partial charge is 0.255 e. The Hall–Kier alpha value is -2.66. The molecule has 23 heavy (non-hydrogen) atoms. The highest BCUT2D eigenvalue weighted by Crippen LogP contribution is 2.29. The van der Waals surface area contributed by atoms with Crippen LogP contribution in [0.15, 0.2) is 48.7 Å². The van der Waals surface area contributed by atoms with Gasteiger partial charge in [-0.25, -0.2) is 4.39 Å². The Morgan fingerprint density at radius 3 is 2.74 bits per heavy atom. The number of aromatic nitrogens is 1. The number of amides is 1. The van der Waals surface area contributed by atoms with E-state index in [0.717, 1.165) is 11.6 Å². The Balaban J connectivity index is 1.86. The maximum absolute atomic E-state index is 14.0. The Kier molecular flexibility index (Phi) is 4.12. The minimum absolute atomic E-state index is 0.0594. The van der Waals surface area contributed by atoms with Crippen LogP contribution in [0.4, 0.5) is 4.39 Å². The van der Waals surface area contributed by atoms with Crippen LogP contribution in [0.5, 0.6) is 5.75 Å². The number of carbonyl (C=O) groups excluding carboxylic acids is 1. The van der Waals surface area contributed by atoms with E-state index in [2.05, 4.69) is 10.3 Å². The zero-order valence-corrected chi connectivity index (χ0v) is 12.6. The molecule has 2 N–H and O–H groups in total. The molecule has 6 heteroatoms. The number of nitrogens with one attached hydrogen (secondary N) is 1. The molecule has 0 saturated heterocycles. The molecule has 1 aromatic heterocycles. The summed E-state index contributed by atoms with van der Waals surface area (Å²) in [5.74, 6) is -1.53. The van der Waals surface area contributed by atoms with Crippen molar-refractivity contribution in [3.05, 3.63) is 70.6 Å². The number of phenolic OH excluding ortho intramolecular Hbond substituents is 1. The molecule has 0 aliphatic heterocycles. The topological polar surface area (TPSA) is 62.2 Å². The van der Waals surface area contributed by atoms with E-state index in [1.807, 2.05) is 0 Å². The lowest BCUT2D eigenvalue weighted by molar-refractivity contribution is 0.0948. The van der Waals surface area contributed by atoms with Gasteiger partial charge in [0.2, 0.25) is 0 Å². The fourth-order valence-corrected chi connectivity index (χ4v) is 2.37. The number of phenols is 1. The van der Waals surface area contributed by atoms with E-state index < -0.39 is 11.7 Å². The maximum Gasteiger partial charge on any atom is 0.255 e. The molecule has 0 radical (unpaired) electrons. The molecule has 3 aromatic rings. The summed E-state index contributed by atoms with van der Waals surface area (Å²) in [7, 11) is 0. The molecule has 116 valence electrons. The number of hydrogen-bond acceptors (Lipinski definition) is 3. The molecule has 0 atom stereocenters. The maximum atomic E-state index is 14.0. The second-order valence-electron chi connectivity index (χ2n) is 4.96. The summed E-state index contributed by atoms with van der Waals surface area (Å²) in [5, 5.41) is 13.6. The first-order valence-corrected chi connectivity index (χ1v) is 7.23. The molecular formula is C17H12ClFN2O2. The highest BCUT2D eigenvalue weighted by Gasteiger charge is 2.17. The minimum Gasteiger partial charge on any atom is -0.505 e. The van der Waals surface area contributed by atoms with E-state index >= 15 is 0 Å². The number of aromatic hydroxyl groups is 1. The Morgan fingerprint density at radius 2 is 2.00 bits per heavy atom. The van der Waals surface area contributed by atoms with Crippen LogP contribution in [-0.4, -0.2) is 16.0 Å². The van der Waals surface area contributed by atoms with Gasteiger partial charge in [-0.05, 0) is 35.9 Å². The number of fused-ring (bicyclic) bond motifs is 1. The van der Waals surface area contributed by atoms with Crippen LogP contribution in [0, 0.1) is 5.82 Å². The molecule has 4 nitrogen and oxygen atoms in total. The van der Waals surface area contributed by atoms with Crippen molar-refractivity contribution in [1.29, 1.82) is 0 Å². The number of hydrogen-bond donors (Lipinski definition) is 2. The number of benzene rings is 2. The SMILES string of the molecule is O=C(NCc1ccc(Cl)cc1)c1cc(F)c2cccnc2c1O. The van der Waals surface area contributed by atoms with E-state index in [0.29, 0.717) is 5.02 Å². The van der Waals surface area contributed by atoms with Crippen molar-refractivity contribution in [2.75, 3.05) is 0 Å². The molecule has 0 fully saturated rings. The summed E-state index contributed by atoms with van der Waals surface area (Å²) in [5.41, 5.74) is 0.744. The van der Waals surface area contributed by atoms with E-state index in [1.54, 1.807) is 30.3 Å². The molecule has 1 amide bonds. The molecule has 0 unspecified atom stereocenters. The van der Waals surface area contributed by atoms with Crippen molar-refractivity contribution in [3.8, 4) is 5.75 Å². The van der Waals surface area contributed by atoms with E-state index in [1.165, 1.54) is 12.3 Å². The van der Waals surface area contributed by atoms with Gasteiger partial charge >= 0.3 is 0 Å². The van der Waals surface area contributed by atoms with Crippen LogP contribution in [0.1, 0.15) is 15.9 Å². The minimum atomic E-state index is -0.609. The van der Waals surface area contributed by atoms with Gasteiger partial charge in [0, 0.05) is 23.2 Å². The van der Waals surface area contributed by atoms with Crippen LogP contribution < -0.4 is 5.32 Å². The van der Waals surface area contributed by atoms with Gasteiger partial charge in [0.25, 0.3) is 5.91 Å². The third kappa shape index (κ3) is 3.10. The first kappa shape index (κ1) is 15.2. The summed E-state index contributed by atoms with van der Waals surface area (Å²) in [6, 6.07) is 11.0. The molecule has 2 aromatic carbocycles. The molecule has 0 spiro atoms. The van der Waals surface area contributed by atoms with Crippen molar-refractivity contribution in [2.45, 2.75) is 6.54 Å². The fourth-order valence-electron chi connectivity index (χ4n) is 2.24. The number of carbonyl (C=O) groups is 1. The quantitative estimate of drug-likeness (QED) is 0.770. The van der Waals surface area contributed by atoms with Gasteiger partial charge < -0.3 is 10.4 Å². The summed E-state index contributed by atoms with van der Waals surface area (Å²) < 4.78 is 14.0. The lowest BCUT2D eigenvalue weighted by Crippen LogP contribution is -2.23. The zero-order valence-electron chi connectivity index (χ0n) is 11.9. The monoisotopic (exact) mass is 330 g/mol. The Morgan fingerprint density at radius 1 is 1.26 bits per heavy atom. The van der Waals surface area contributed by atoms with E-state index in [-0.39, 0.29) is 28.8 Å². The van der Waals surface area contributed by atoms with Gasteiger partial charge in [0.15, 0.2) is 5.75 Å². The predicted octanol–water partition coefficient (Wildman–Crippen LogP) is 3.66. The fraction of sp³-hybridized carbons (Fsp3) is 0.0588. The van der Waals surface area contributed by atoms with Crippen molar-refractivity contribution in [1.82, 2.24) is 10.3 Å². The molecule has 1 heterocycles. The highest BCUT2D eigenvalue weighted by atomic mass is 35.5. The normalized spacial score (nSPS) is 10.7. The summed E-state index contributed by atoms with van der Waals surface area (Å²) in [4.78, 5) is 16.1. The van der Waals surface area contributed by atoms with Gasteiger partial charge in [0.05, 0.1) is 5.56 Å². The Labute approximate surface area is 136 Å². The standard InChI is InChI=1S/C17H12ClFN2O2/c18-11-5-3-10(4-6-11)9-21-17(23)13-8-14(19)12-2-1-7-20-15(12)16(13)22/h1-8,22H,9H2,(H,21,23). The summed E-state index contributed by atoms with van der Waals surface area (Å²) in [6.45, 7) is 0.233. The lowest BCUT2D eigenvalue weighted by atomic mass is 10.1. The van der Waals surface area contributed by atoms with Crippen LogP contribution in [-0.2, 0) is 6.54 Å². The number of pyridine rings is 1. The van der Waals surface area contributed by atoms with Crippen LogP contribution >= 0.6 is 11.6 Å². The van der Waals surface area contributed by atoms with Crippen LogP contribution in [0.25, 0.3) is 10.9 Å². The van der Waals surface area contributed by atoms with E-state index in [9.17, 15) is 14.3 Å². The molecule has 0 saturated carbocycles. The molecule has 0 aliphatic rings. The van der Waals surface area contributed by atoms with Crippen molar-refractivity contribution in [3.63, 3.8) is 0 Å². The van der Waals surface area contributed by atoms with Crippen LogP contribution in [0.3, 0.4) is 0 Å². The van der Waals surface area contributed by atoms with Crippen molar-refractivity contribution >= 4 is 28.4 Å². The van der Waals surface area contributed by atoms with Gasteiger partial charge in [0.1, 0.15) is 11.3 Å². The van der Waals surface area contributed by atoms with Crippen molar-refractivity contribution < 1.29 is 14.3 Å². The summed E-state index contributed by atoms with van der Waals surface area (Å²) in [6.07, 6.45) is 1.43. The van der Waals surface area contributed by atoms with Crippen molar-refractivity contribution in [2.24, 2.45) is 0 Å². The number of rotatable bonds is 3. The molecule has 3 rings (SSSR count). The largest absolute Gasteiger partial charge is 0.505 e.